The van der Waals surface area contributed by atoms with Crippen LogP contribution in [0, 0.1) is 39.4 Å². The van der Waals surface area contributed by atoms with E-state index in [1.807, 2.05) is 6.92 Å². The fourth-order valence-electron chi connectivity index (χ4n) is 9.26. The Morgan fingerprint density at radius 2 is 1.82 bits per heavy atom. The number of aldehydes is 1. The van der Waals surface area contributed by atoms with E-state index < -0.39 is 0 Å². The van der Waals surface area contributed by atoms with Crippen molar-refractivity contribution in [1.82, 2.24) is 0 Å². The molecular weight excluding hydrogens is 408 g/mol. The molecule has 0 heterocycles. The minimum absolute atomic E-state index is 0.0125. The summed E-state index contributed by atoms with van der Waals surface area (Å²) in [5.74, 6) is 1.85. The Kier molecular flexibility index (Phi) is 6.17. The lowest BCUT2D eigenvalue weighted by Crippen LogP contribution is -2.57. The lowest BCUT2D eigenvalue weighted by atomic mass is 9.43. The van der Waals surface area contributed by atoms with Crippen LogP contribution in [0.15, 0.2) is 22.8 Å². The molecule has 0 bridgehead atoms. The molecule has 0 aromatic carbocycles. The normalized spacial score (nSPS) is 43.6. The maximum atomic E-state index is 14.0. The van der Waals surface area contributed by atoms with Crippen molar-refractivity contribution in [3.63, 3.8) is 0 Å². The molecule has 184 valence electrons. The van der Waals surface area contributed by atoms with Gasteiger partial charge in [-0.3, -0.25) is 9.59 Å². The van der Waals surface area contributed by atoms with Crippen LogP contribution in [0.25, 0.3) is 0 Å². The minimum atomic E-state index is -0.272. The summed E-state index contributed by atoms with van der Waals surface area (Å²) >= 11 is 0. The number of aliphatic hydroxyl groups is 1. The van der Waals surface area contributed by atoms with Crippen LogP contribution in [0.3, 0.4) is 0 Å². The first kappa shape index (κ1) is 24.9. The van der Waals surface area contributed by atoms with Crippen LogP contribution in [-0.2, 0) is 9.59 Å². The summed E-state index contributed by atoms with van der Waals surface area (Å²) in [6, 6.07) is 0. The Morgan fingerprint density at radius 1 is 1.12 bits per heavy atom. The number of carbonyl (C=O) groups excluding carboxylic acids is 2. The Balaban J connectivity index is 1.68. The summed E-state index contributed by atoms with van der Waals surface area (Å²) in [7, 11) is 0. The van der Waals surface area contributed by atoms with E-state index in [0.29, 0.717) is 30.0 Å². The van der Waals surface area contributed by atoms with Gasteiger partial charge in [-0.2, -0.15) is 0 Å². The average Bonchev–Trinajstić information content (AvgIpc) is 3.02. The first-order chi connectivity index (χ1) is 15.3. The number of Topliss-reactive ketones (excluding diaryl/α,β-unsaturated/α-hetero) is 1. The molecule has 4 rings (SSSR count). The molecule has 3 nitrogen and oxygen atoms in total. The number of fused-ring (bicyclic) bond motifs is 4. The van der Waals surface area contributed by atoms with Gasteiger partial charge in [-0.25, -0.2) is 0 Å². The van der Waals surface area contributed by atoms with Crippen LogP contribution < -0.4 is 0 Å². The van der Waals surface area contributed by atoms with Crippen LogP contribution >= 0.6 is 0 Å². The van der Waals surface area contributed by atoms with Gasteiger partial charge in [0.25, 0.3) is 0 Å². The monoisotopic (exact) mass is 454 g/mol. The van der Waals surface area contributed by atoms with E-state index in [9.17, 15) is 14.7 Å². The zero-order chi connectivity index (χ0) is 24.4. The molecule has 1 N–H and O–H groups in total. The zero-order valence-corrected chi connectivity index (χ0v) is 22.1. The quantitative estimate of drug-likeness (QED) is 0.365. The summed E-state index contributed by atoms with van der Waals surface area (Å²) < 4.78 is 0. The third-order valence-electron chi connectivity index (χ3n) is 11.5. The van der Waals surface area contributed by atoms with E-state index in [0.717, 1.165) is 50.4 Å². The van der Waals surface area contributed by atoms with Crippen molar-refractivity contribution in [1.29, 1.82) is 0 Å². The van der Waals surface area contributed by atoms with Crippen LogP contribution in [0.5, 0.6) is 0 Å². The number of ketones is 1. The second kappa shape index (κ2) is 8.18. The van der Waals surface area contributed by atoms with Crippen molar-refractivity contribution in [3.05, 3.63) is 22.8 Å². The zero-order valence-electron chi connectivity index (χ0n) is 22.1. The largest absolute Gasteiger partial charge is 0.393 e. The molecule has 2 saturated carbocycles. The second-order valence-corrected chi connectivity index (χ2v) is 13.4. The lowest BCUT2D eigenvalue weighted by molar-refractivity contribution is -0.131. The summed E-state index contributed by atoms with van der Waals surface area (Å²) in [4.78, 5) is 25.0. The van der Waals surface area contributed by atoms with E-state index in [-0.39, 0.29) is 27.8 Å². The number of carbonyl (C=O) groups is 2. The number of rotatable bonds is 5. The molecule has 7 atom stereocenters. The molecule has 0 aliphatic heterocycles. The molecule has 0 amide bonds. The van der Waals surface area contributed by atoms with E-state index >= 15 is 0 Å². The molecule has 0 unspecified atom stereocenters. The number of hydrogen-bond acceptors (Lipinski definition) is 3. The molecule has 2 fully saturated rings. The Hall–Kier alpha value is -1.22. The molecule has 0 saturated heterocycles. The van der Waals surface area contributed by atoms with Gasteiger partial charge in [0.1, 0.15) is 6.29 Å². The highest BCUT2D eigenvalue weighted by atomic mass is 16.3. The van der Waals surface area contributed by atoms with Gasteiger partial charge in [0, 0.05) is 12.0 Å². The molecule has 0 aromatic rings. The van der Waals surface area contributed by atoms with Gasteiger partial charge in [0.2, 0.25) is 0 Å². The van der Waals surface area contributed by atoms with Gasteiger partial charge in [-0.05, 0) is 103 Å². The van der Waals surface area contributed by atoms with Crippen LogP contribution in [0.2, 0.25) is 0 Å². The number of aliphatic hydroxyl groups excluding tert-OH is 1. The minimum Gasteiger partial charge on any atom is -0.393 e. The molecule has 4 aliphatic rings. The predicted octanol–water partition coefficient (Wildman–Crippen LogP) is 6.84. The van der Waals surface area contributed by atoms with Gasteiger partial charge in [0.15, 0.2) is 5.78 Å². The van der Waals surface area contributed by atoms with Crippen molar-refractivity contribution in [2.24, 2.45) is 39.4 Å². The Labute approximate surface area is 201 Å². The molecular formula is C30H46O3. The highest BCUT2D eigenvalue weighted by molar-refractivity contribution is 6.00. The Morgan fingerprint density at radius 3 is 2.48 bits per heavy atom. The van der Waals surface area contributed by atoms with Gasteiger partial charge in [-0.15, -0.1) is 0 Å². The summed E-state index contributed by atoms with van der Waals surface area (Å²) in [6.45, 7) is 15.9. The van der Waals surface area contributed by atoms with Crippen LogP contribution in [-0.4, -0.2) is 23.3 Å². The van der Waals surface area contributed by atoms with E-state index in [1.54, 1.807) is 0 Å². The number of hydrogen-bond donors (Lipinski definition) is 1. The van der Waals surface area contributed by atoms with E-state index in [2.05, 4.69) is 47.6 Å². The van der Waals surface area contributed by atoms with Crippen molar-refractivity contribution in [2.45, 2.75) is 112 Å². The molecule has 0 spiro atoms. The summed E-state index contributed by atoms with van der Waals surface area (Å²) in [6.07, 6.45) is 11.6. The van der Waals surface area contributed by atoms with Crippen molar-refractivity contribution in [3.8, 4) is 0 Å². The average molecular weight is 455 g/mol. The second-order valence-electron chi connectivity index (χ2n) is 13.4. The maximum Gasteiger partial charge on any atom is 0.159 e. The summed E-state index contributed by atoms with van der Waals surface area (Å²) in [5.41, 5.74) is 3.34. The molecule has 33 heavy (non-hydrogen) atoms. The fraction of sp³-hybridized carbons (Fsp3) is 0.800. The smallest absolute Gasteiger partial charge is 0.159 e. The summed E-state index contributed by atoms with van der Waals surface area (Å²) in [5, 5.41) is 10.8. The maximum absolute atomic E-state index is 14.0. The van der Waals surface area contributed by atoms with Crippen LogP contribution in [0.1, 0.15) is 106 Å². The van der Waals surface area contributed by atoms with Crippen molar-refractivity contribution in [2.75, 3.05) is 0 Å². The third-order valence-corrected chi connectivity index (χ3v) is 11.5. The highest BCUT2D eigenvalue weighted by Crippen LogP contribution is 2.71. The first-order valence-electron chi connectivity index (χ1n) is 13.4. The van der Waals surface area contributed by atoms with E-state index in [1.165, 1.54) is 24.0 Å². The van der Waals surface area contributed by atoms with Crippen molar-refractivity contribution >= 4 is 12.1 Å². The Bertz CT molecular complexity index is 894. The number of allylic oxidation sites excluding steroid dienone is 4. The SMILES string of the molecule is C/C(C=O)=C/CC[C@@H](C)[C@H]1CC[C@@]2(C)C3=C(C(=O)C[C@]12C)[C@@]1(C)CC[C@H](O)C(C)(C)[C@H]1CC3. The predicted molar refractivity (Wildman–Crippen MR) is 134 cm³/mol. The fourth-order valence-corrected chi connectivity index (χ4v) is 9.26. The van der Waals surface area contributed by atoms with Gasteiger partial charge < -0.3 is 5.11 Å². The lowest BCUT2D eigenvalue weighted by Gasteiger charge is -2.61. The molecule has 3 heteroatoms. The topological polar surface area (TPSA) is 54.4 Å². The van der Waals surface area contributed by atoms with Crippen molar-refractivity contribution < 1.29 is 14.7 Å². The third kappa shape index (κ3) is 3.46. The van der Waals surface area contributed by atoms with Gasteiger partial charge >= 0.3 is 0 Å². The molecule has 0 aromatic heterocycles. The van der Waals surface area contributed by atoms with Gasteiger partial charge in [-0.1, -0.05) is 53.2 Å². The molecule has 0 radical (unpaired) electrons. The van der Waals surface area contributed by atoms with Gasteiger partial charge in [0.05, 0.1) is 6.10 Å². The standard InChI is InChI=1S/C30H46O3/c1-19(18-31)9-8-10-20(2)21-13-16-29(6)22-11-12-24-27(3,4)25(33)14-15-28(24,5)26(22)23(32)17-30(21,29)7/h9,18,20-21,24-25,33H,8,10-17H2,1-7H3/b19-9-/t20-,21-,24-,25+,28+,29+,30-/m1/s1. The first-order valence-corrected chi connectivity index (χ1v) is 13.4. The highest BCUT2D eigenvalue weighted by Gasteiger charge is 2.65. The van der Waals surface area contributed by atoms with E-state index in [4.69, 9.17) is 0 Å². The van der Waals surface area contributed by atoms with Crippen LogP contribution in [0.4, 0.5) is 0 Å². The molecule has 4 aliphatic carbocycles.